The van der Waals surface area contributed by atoms with Gasteiger partial charge in [0.2, 0.25) is 10.0 Å². The normalized spacial score (nSPS) is 11.7. The molecular weight excluding hydrogens is 264 g/mol. The van der Waals surface area contributed by atoms with Crippen molar-refractivity contribution in [2.24, 2.45) is 0 Å². The number of H-pyrrole nitrogens is 1. The van der Waals surface area contributed by atoms with Gasteiger partial charge in [0.15, 0.2) is 0 Å². The molecule has 0 bridgehead atoms. The molecule has 7 heteroatoms. The van der Waals surface area contributed by atoms with Crippen LogP contribution in [0.1, 0.15) is 17.0 Å². The van der Waals surface area contributed by atoms with E-state index in [0.717, 1.165) is 5.56 Å². The first-order valence-corrected chi connectivity index (χ1v) is 7.23. The second-order valence-electron chi connectivity index (χ2n) is 4.32. The molecule has 1 aromatic heterocycles. The van der Waals surface area contributed by atoms with Crippen molar-refractivity contribution in [3.8, 4) is 0 Å². The highest BCUT2D eigenvalue weighted by Crippen LogP contribution is 2.22. The number of imidazole rings is 1. The number of nitrogens with one attached hydrogen (secondary N) is 2. The Morgan fingerprint density at radius 3 is 2.74 bits per heavy atom. The molecule has 0 fully saturated rings. The predicted octanol–water partition coefficient (Wildman–Crippen LogP) is 1.09. The van der Waals surface area contributed by atoms with Gasteiger partial charge in [-0.25, -0.2) is 18.1 Å². The van der Waals surface area contributed by atoms with Gasteiger partial charge in [0.05, 0.1) is 11.4 Å². The number of anilines is 1. The van der Waals surface area contributed by atoms with Crippen molar-refractivity contribution in [2.45, 2.75) is 25.3 Å². The largest absolute Gasteiger partial charge is 0.399 e. The van der Waals surface area contributed by atoms with Crippen LogP contribution >= 0.6 is 0 Å². The fourth-order valence-electron chi connectivity index (χ4n) is 1.77. The molecular formula is C12H16N4O2S. The Bertz CT molecular complexity index is 678. The van der Waals surface area contributed by atoms with Crippen LogP contribution in [0.3, 0.4) is 0 Å². The predicted molar refractivity (Wildman–Crippen MR) is 72.9 cm³/mol. The monoisotopic (exact) mass is 280 g/mol. The van der Waals surface area contributed by atoms with E-state index < -0.39 is 10.0 Å². The minimum Gasteiger partial charge on any atom is -0.399 e. The lowest BCUT2D eigenvalue weighted by atomic mass is 10.1. The number of hydrogen-bond acceptors (Lipinski definition) is 4. The van der Waals surface area contributed by atoms with Gasteiger partial charge in [0.1, 0.15) is 5.82 Å². The highest BCUT2D eigenvalue weighted by atomic mass is 32.2. The molecule has 0 spiro atoms. The summed E-state index contributed by atoms with van der Waals surface area (Å²) in [6, 6.07) is 3.22. The van der Waals surface area contributed by atoms with Crippen molar-refractivity contribution in [1.29, 1.82) is 0 Å². The van der Waals surface area contributed by atoms with E-state index in [-0.39, 0.29) is 11.4 Å². The van der Waals surface area contributed by atoms with Crippen molar-refractivity contribution < 1.29 is 8.42 Å². The van der Waals surface area contributed by atoms with Crippen molar-refractivity contribution in [2.75, 3.05) is 5.73 Å². The minimum absolute atomic E-state index is 0.114. The van der Waals surface area contributed by atoms with Gasteiger partial charge < -0.3 is 10.7 Å². The molecule has 2 aromatic rings. The summed E-state index contributed by atoms with van der Waals surface area (Å²) >= 11 is 0. The van der Waals surface area contributed by atoms with E-state index >= 15 is 0 Å². The van der Waals surface area contributed by atoms with E-state index in [1.54, 1.807) is 25.4 Å². The lowest BCUT2D eigenvalue weighted by molar-refractivity contribution is 0.579. The zero-order valence-corrected chi connectivity index (χ0v) is 11.6. The average molecular weight is 280 g/mol. The van der Waals surface area contributed by atoms with Gasteiger partial charge in [0.25, 0.3) is 0 Å². The molecule has 0 atom stereocenters. The molecule has 2 rings (SSSR count). The molecule has 1 aromatic carbocycles. The molecule has 0 amide bonds. The van der Waals surface area contributed by atoms with E-state index in [1.165, 1.54) is 6.07 Å². The summed E-state index contributed by atoms with van der Waals surface area (Å²) in [4.78, 5) is 7.00. The molecule has 4 N–H and O–H groups in total. The van der Waals surface area contributed by atoms with Crippen LogP contribution < -0.4 is 10.5 Å². The lowest BCUT2D eigenvalue weighted by Crippen LogP contribution is -2.25. The van der Waals surface area contributed by atoms with Crippen LogP contribution in [0, 0.1) is 13.8 Å². The molecule has 0 aliphatic carbocycles. The molecule has 6 nitrogen and oxygen atoms in total. The van der Waals surface area contributed by atoms with Gasteiger partial charge in [-0.15, -0.1) is 0 Å². The summed E-state index contributed by atoms with van der Waals surface area (Å²) < 4.78 is 27.0. The van der Waals surface area contributed by atoms with Gasteiger partial charge in [-0.2, -0.15) is 0 Å². The Balaban J connectivity index is 2.29. The molecule has 0 radical (unpaired) electrons. The number of nitrogens with two attached hydrogens (primary N) is 1. The number of sulfonamides is 1. The van der Waals surface area contributed by atoms with Crippen molar-refractivity contribution in [3.05, 3.63) is 41.5 Å². The maximum absolute atomic E-state index is 12.2. The number of rotatable bonds is 4. The van der Waals surface area contributed by atoms with Crippen LogP contribution in [-0.2, 0) is 16.6 Å². The van der Waals surface area contributed by atoms with Gasteiger partial charge in [-0.1, -0.05) is 0 Å². The zero-order valence-electron chi connectivity index (χ0n) is 10.8. The number of aryl methyl sites for hydroxylation is 1. The highest BCUT2D eigenvalue weighted by molar-refractivity contribution is 7.89. The van der Waals surface area contributed by atoms with Crippen LogP contribution in [0.4, 0.5) is 5.69 Å². The zero-order chi connectivity index (χ0) is 14.0. The molecule has 0 aliphatic heterocycles. The first kappa shape index (κ1) is 13.6. The van der Waals surface area contributed by atoms with Crippen LogP contribution in [-0.4, -0.2) is 18.4 Å². The minimum atomic E-state index is -3.60. The van der Waals surface area contributed by atoms with E-state index in [0.29, 0.717) is 17.1 Å². The number of hydrogen-bond donors (Lipinski definition) is 3. The van der Waals surface area contributed by atoms with E-state index in [1.807, 2.05) is 6.92 Å². The molecule has 0 saturated carbocycles. The summed E-state index contributed by atoms with van der Waals surface area (Å²) in [5.74, 6) is 0.557. The Morgan fingerprint density at radius 2 is 2.11 bits per heavy atom. The summed E-state index contributed by atoms with van der Waals surface area (Å²) in [6.07, 6.45) is 3.21. The molecule has 19 heavy (non-hydrogen) atoms. The van der Waals surface area contributed by atoms with Gasteiger partial charge in [-0.05, 0) is 37.1 Å². The van der Waals surface area contributed by atoms with Crippen molar-refractivity contribution in [1.82, 2.24) is 14.7 Å². The fourth-order valence-corrected chi connectivity index (χ4v) is 3.11. The quantitative estimate of drug-likeness (QED) is 0.730. The molecule has 1 heterocycles. The Labute approximate surface area is 112 Å². The standard InChI is InChI=1S/C12H16N4O2S/c1-8-5-10(13)6-11(9(8)2)19(17,18)16-7-12-14-3-4-15-12/h3-6,16H,7,13H2,1-2H3,(H,14,15). The smallest absolute Gasteiger partial charge is 0.241 e. The molecule has 102 valence electrons. The Morgan fingerprint density at radius 1 is 1.37 bits per heavy atom. The Hall–Kier alpha value is -1.86. The van der Waals surface area contributed by atoms with Gasteiger partial charge in [-0.3, -0.25) is 0 Å². The SMILES string of the molecule is Cc1cc(N)cc(S(=O)(=O)NCc2ncc[nH]2)c1C. The number of nitrogen functional groups attached to an aromatic ring is 1. The van der Waals surface area contributed by atoms with Crippen molar-refractivity contribution in [3.63, 3.8) is 0 Å². The van der Waals surface area contributed by atoms with E-state index in [2.05, 4.69) is 14.7 Å². The highest BCUT2D eigenvalue weighted by Gasteiger charge is 2.18. The van der Waals surface area contributed by atoms with Gasteiger partial charge >= 0.3 is 0 Å². The third kappa shape index (κ3) is 2.94. The van der Waals surface area contributed by atoms with Crippen LogP contribution in [0.2, 0.25) is 0 Å². The topological polar surface area (TPSA) is 101 Å². The van der Waals surface area contributed by atoms with E-state index in [9.17, 15) is 8.42 Å². The summed E-state index contributed by atoms with van der Waals surface area (Å²) in [6.45, 7) is 3.70. The number of aromatic amines is 1. The first-order chi connectivity index (χ1) is 8.90. The number of nitrogens with zero attached hydrogens (tertiary/aromatic N) is 1. The fraction of sp³-hybridized carbons (Fsp3) is 0.250. The summed E-state index contributed by atoms with van der Waals surface area (Å²) in [7, 11) is -3.60. The second-order valence-corrected chi connectivity index (χ2v) is 6.06. The second kappa shape index (κ2) is 5.02. The first-order valence-electron chi connectivity index (χ1n) is 5.75. The maximum Gasteiger partial charge on any atom is 0.241 e. The average Bonchev–Trinajstić information content (AvgIpc) is 2.84. The molecule has 0 unspecified atom stereocenters. The summed E-state index contributed by atoms with van der Waals surface area (Å²) in [5.41, 5.74) is 7.68. The third-order valence-corrected chi connectivity index (χ3v) is 4.44. The third-order valence-electron chi connectivity index (χ3n) is 2.92. The number of aromatic nitrogens is 2. The van der Waals surface area contributed by atoms with Crippen LogP contribution in [0.25, 0.3) is 0 Å². The molecule has 0 saturated heterocycles. The summed E-state index contributed by atoms with van der Waals surface area (Å²) in [5, 5.41) is 0. The van der Waals surface area contributed by atoms with Crippen molar-refractivity contribution >= 4 is 15.7 Å². The lowest BCUT2D eigenvalue weighted by Gasteiger charge is -2.11. The van der Waals surface area contributed by atoms with Crippen LogP contribution in [0.5, 0.6) is 0 Å². The van der Waals surface area contributed by atoms with Crippen LogP contribution in [0.15, 0.2) is 29.4 Å². The van der Waals surface area contributed by atoms with E-state index in [4.69, 9.17) is 5.73 Å². The molecule has 0 aliphatic rings. The van der Waals surface area contributed by atoms with Gasteiger partial charge in [0, 0.05) is 18.1 Å². The number of benzene rings is 1. The Kier molecular flexibility index (Phi) is 3.59. The maximum atomic E-state index is 12.2.